The lowest BCUT2D eigenvalue weighted by Crippen LogP contribution is -2.59. The summed E-state index contributed by atoms with van der Waals surface area (Å²) >= 11 is 0. The molecule has 0 aromatic heterocycles. The average molecular weight is 398 g/mol. The first-order valence-corrected chi connectivity index (χ1v) is 10.3. The number of aliphatic carboxylic acids is 1. The smallest absolute Gasteiger partial charge is 0.410 e. The van der Waals surface area contributed by atoms with Gasteiger partial charge in [-0.2, -0.15) is 4.31 Å². The Morgan fingerprint density at radius 1 is 1.19 bits per heavy atom. The van der Waals surface area contributed by atoms with Gasteiger partial charge >= 0.3 is 12.1 Å². The zero-order valence-corrected chi connectivity index (χ0v) is 16.8. The van der Waals surface area contributed by atoms with Crippen LogP contribution in [0.4, 0.5) is 4.79 Å². The lowest BCUT2D eigenvalue weighted by molar-refractivity contribution is -0.143. The lowest BCUT2D eigenvalue weighted by atomic mass is 10.2. The van der Waals surface area contributed by atoms with Crippen LogP contribution >= 0.6 is 0 Å². The summed E-state index contributed by atoms with van der Waals surface area (Å²) in [7, 11) is -3.85. The van der Waals surface area contributed by atoms with Crippen LogP contribution < -0.4 is 0 Å². The predicted molar refractivity (Wildman–Crippen MR) is 99.7 cm³/mol. The van der Waals surface area contributed by atoms with Crippen LogP contribution in [0.5, 0.6) is 0 Å². The maximum Gasteiger partial charge on any atom is 0.410 e. The molecule has 8 nitrogen and oxygen atoms in total. The van der Waals surface area contributed by atoms with Gasteiger partial charge in [-0.05, 0) is 33.3 Å². The molecule has 1 atom stereocenters. The van der Waals surface area contributed by atoms with E-state index in [-0.39, 0.29) is 25.4 Å². The second-order valence-corrected chi connectivity index (χ2v) is 9.55. The largest absolute Gasteiger partial charge is 0.480 e. The minimum Gasteiger partial charge on any atom is -0.480 e. The predicted octanol–water partition coefficient (Wildman–Crippen LogP) is 1.83. The van der Waals surface area contributed by atoms with Crippen LogP contribution in [0.2, 0.25) is 0 Å². The number of carboxylic acid groups (broad SMARTS) is 1. The number of rotatable bonds is 4. The fourth-order valence-electron chi connectivity index (χ4n) is 2.77. The Bertz CT molecular complexity index is 798. The summed E-state index contributed by atoms with van der Waals surface area (Å²) in [6.45, 7) is 6.76. The number of ether oxygens (including phenoxy) is 1. The van der Waals surface area contributed by atoms with Gasteiger partial charge < -0.3 is 14.7 Å². The van der Waals surface area contributed by atoms with Crippen molar-refractivity contribution in [3.05, 3.63) is 35.4 Å². The van der Waals surface area contributed by atoms with Gasteiger partial charge in [0.15, 0.2) is 0 Å². The molecule has 1 fully saturated rings. The van der Waals surface area contributed by atoms with Crippen LogP contribution in [0.25, 0.3) is 0 Å². The molecule has 0 saturated carbocycles. The van der Waals surface area contributed by atoms with Gasteiger partial charge in [-0.25, -0.2) is 13.2 Å². The minimum absolute atomic E-state index is 0.0752. The number of hydrogen-bond acceptors (Lipinski definition) is 5. The van der Waals surface area contributed by atoms with E-state index in [1.54, 1.807) is 45.0 Å². The fourth-order valence-corrected chi connectivity index (χ4v) is 4.45. The Kier molecular flexibility index (Phi) is 6.16. The van der Waals surface area contributed by atoms with Gasteiger partial charge in [-0.15, -0.1) is 0 Å². The van der Waals surface area contributed by atoms with Crippen molar-refractivity contribution in [2.45, 2.75) is 45.1 Å². The fraction of sp³-hybridized carbons (Fsp3) is 0.556. The molecule has 1 unspecified atom stereocenters. The van der Waals surface area contributed by atoms with Gasteiger partial charge in [0.2, 0.25) is 10.0 Å². The molecule has 0 radical (unpaired) electrons. The third kappa shape index (κ3) is 5.67. The van der Waals surface area contributed by atoms with Crippen LogP contribution in [0.15, 0.2) is 24.3 Å². The van der Waals surface area contributed by atoms with Crippen LogP contribution in [-0.2, 0) is 25.3 Å². The van der Waals surface area contributed by atoms with Crippen molar-refractivity contribution in [1.29, 1.82) is 0 Å². The van der Waals surface area contributed by atoms with Gasteiger partial charge in [0, 0.05) is 13.1 Å². The lowest BCUT2D eigenvalue weighted by Gasteiger charge is -2.38. The molecule has 27 heavy (non-hydrogen) atoms. The molecule has 0 spiro atoms. The highest BCUT2D eigenvalue weighted by atomic mass is 32.2. The molecule has 1 aliphatic rings. The Balaban J connectivity index is 2.16. The number of carbonyl (C=O) groups excluding carboxylic acids is 1. The van der Waals surface area contributed by atoms with Gasteiger partial charge in [-0.1, -0.05) is 29.8 Å². The number of carboxylic acids is 1. The highest BCUT2D eigenvalue weighted by Gasteiger charge is 2.41. The van der Waals surface area contributed by atoms with Crippen molar-refractivity contribution < 1.29 is 27.9 Å². The molecule has 150 valence electrons. The molecule has 2 rings (SSSR count). The van der Waals surface area contributed by atoms with E-state index < -0.39 is 33.7 Å². The highest BCUT2D eigenvalue weighted by Crippen LogP contribution is 2.21. The number of amides is 1. The quantitative estimate of drug-likeness (QED) is 0.830. The molecule has 0 aliphatic carbocycles. The van der Waals surface area contributed by atoms with E-state index in [2.05, 4.69) is 0 Å². The molecule has 1 aliphatic heterocycles. The molecule has 1 saturated heterocycles. The van der Waals surface area contributed by atoms with Gasteiger partial charge in [0.25, 0.3) is 0 Å². The molecule has 1 amide bonds. The van der Waals surface area contributed by atoms with Crippen LogP contribution in [-0.4, -0.2) is 66.1 Å². The Morgan fingerprint density at radius 2 is 1.78 bits per heavy atom. The topological polar surface area (TPSA) is 104 Å². The summed E-state index contributed by atoms with van der Waals surface area (Å²) < 4.78 is 31.8. The van der Waals surface area contributed by atoms with Crippen molar-refractivity contribution >= 4 is 22.1 Å². The average Bonchev–Trinajstić information content (AvgIpc) is 2.54. The Morgan fingerprint density at radius 3 is 2.30 bits per heavy atom. The van der Waals surface area contributed by atoms with Crippen molar-refractivity contribution in [1.82, 2.24) is 9.21 Å². The Hall–Kier alpha value is -2.13. The standard InChI is InChI=1S/C18H26N2O6S/c1-13-5-7-14(8-6-13)12-27(24,25)20-10-9-19(11-15(20)16(21)22)17(23)26-18(2,3)4/h5-8,15H,9-12H2,1-4H3,(H,21,22). The SMILES string of the molecule is Cc1ccc(CS(=O)(=O)N2CCN(C(=O)OC(C)(C)C)CC2C(=O)O)cc1. The van der Waals surface area contributed by atoms with Crippen LogP contribution in [0, 0.1) is 6.92 Å². The molecule has 1 aromatic rings. The van der Waals surface area contributed by atoms with Gasteiger partial charge in [0.1, 0.15) is 11.6 Å². The van der Waals surface area contributed by atoms with E-state index in [1.807, 2.05) is 6.92 Å². The van der Waals surface area contributed by atoms with E-state index in [4.69, 9.17) is 4.74 Å². The third-order valence-corrected chi connectivity index (χ3v) is 5.94. The van der Waals surface area contributed by atoms with Crippen molar-refractivity contribution in [3.8, 4) is 0 Å². The van der Waals surface area contributed by atoms with E-state index in [1.165, 1.54) is 4.90 Å². The summed E-state index contributed by atoms with van der Waals surface area (Å²) in [4.78, 5) is 25.1. The van der Waals surface area contributed by atoms with Gasteiger partial charge in [-0.3, -0.25) is 4.79 Å². The number of sulfonamides is 1. The first-order valence-electron chi connectivity index (χ1n) is 8.65. The van der Waals surface area contributed by atoms with Gasteiger partial charge in [0.05, 0.1) is 12.3 Å². The van der Waals surface area contributed by atoms with E-state index in [0.717, 1.165) is 9.87 Å². The molecule has 1 N–H and O–H groups in total. The van der Waals surface area contributed by atoms with Crippen LogP contribution in [0.1, 0.15) is 31.9 Å². The summed E-state index contributed by atoms with van der Waals surface area (Å²) in [5.74, 6) is -1.58. The zero-order chi connectivity index (χ0) is 20.4. The second-order valence-electron chi connectivity index (χ2n) is 7.63. The molecule has 0 bridgehead atoms. The summed E-state index contributed by atoms with van der Waals surface area (Å²) in [6.07, 6.45) is -0.649. The minimum atomic E-state index is -3.85. The number of nitrogens with zero attached hydrogens (tertiary/aromatic N) is 2. The van der Waals surface area contributed by atoms with Crippen molar-refractivity contribution in [3.63, 3.8) is 0 Å². The van der Waals surface area contributed by atoms with E-state index in [0.29, 0.717) is 5.56 Å². The van der Waals surface area contributed by atoms with E-state index >= 15 is 0 Å². The maximum absolute atomic E-state index is 12.8. The molecule has 1 aromatic carbocycles. The summed E-state index contributed by atoms with van der Waals surface area (Å²) in [5.41, 5.74) is 0.870. The highest BCUT2D eigenvalue weighted by molar-refractivity contribution is 7.88. The summed E-state index contributed by atoms with van der Waals surface area (Å²) in [6, 6.07) is 5.68. The Labute approximate surface area is 159 Å². The molecule has 1 heterocycles. The number of aryl methyl sites for hydroxylation is 1. The molecular formula is C18H26N2O6S. The zero-order valence-electron chi connectivity index (χ0n) is 16.0. The summed E-state index contributed by atoms with van der Waals surface area (Å²) in [5, 5.41) is 9.52. The van der Waals surface area contributed by atoms with E-state index in [9.17, 15) is 23.1 Å². The maximum atomic E-state index is 12.8. The monoisotopic (exact) mass is 398 g/mol. The number of carbonyl (C=O) groups is 2. The van der Waals surface area contributed by atoms with Crippen LogP contribution in [0.3, 0.4) is 0 Å². The third-order valence-electron chi connectivity index (χ3n) is 4.09. The molecular weight excluding hydrogens is 372 g/mol. The first-order chi connectivity index (χ1) is 12.4. The number of benzene rings is 1. The molecule has 9 heteroatoms. The number of hydrogen-bond donors (Lipinski definition) is 1. The van der Waals surface area contributed by atoms with Crippen molar-refractivity contribution in [2.75, 3.05) is 19.6 Å². The number of piperazine rings is 1. The second kappa shape index (κ2) is 7.85. The normalized spacial score (nSPS) is 19.0. The first kappa shape index (κ1) is 21.2. The van der Waals surface area contributed by atoms with Crippen molar-refractivity contribution in [2.24, 2.45) is 0 Å².